The number of hydrogen-bond donors (Lipinski definition) is 2. The Labute approximate surface area is 165 Å². The predicted molar refractivity (Wildman–Crippen MR) is 112 cm³/mol. The highest BCUT2D eigenvalue weighted by Crippen LogP contribution is 2.19. The van der Waals surface area contributed by atoms with Crippen molar-refractivity contribution < 1.29 is 4.74 Å². The number of morpholine rings is 1. The molecular weight excluding hydrogens is 350 g/mol. The fourth-order valence-corrected chi connectivity index (χ4v) is 3.45. The molecular formula is C23H25N3O2. The van der Waals surface area contributed by atoms with E-state index in [1.807, 2.05) is 42.5 Å². The molecule has 2 aromatic carbocycles. The zero-order chi connectivity index (χ0) is 19.2. The monoisotopic (exact) mass is 375 g/mol. The highest BCUT2D eigenvalue weighted by molar-refractivity contribution is 5.63. The minimum atomic E-state index is -0.0587. The summed E-state index contributed by atoms with van der Waals surface area (Å²) < 4.78 is 5.41. The van der Waals surface area contributed by atoms with Crippen LogP contribution in [-0.2, 0) is 17.8 Å². The van der Waals surface area contributed by atoms with Crippen LogP contribution in [0.25, 0.3) is 11.1 Å². The summed E-state index contributed by atoms with van der Waals surface area (Å²) in [6.07, 6.45) is 1.77. The Kier molecular flexibility index (Phi) is 5.85. The van der Waals surface area contributed by atoms with Gasteiger partial charge in [-0.15, -0.1) is 0 Å². The van der Waals surface area contributed by atoms with Crippen LogP contribution < -0.4 is 10.9 Å². The van der Waals surface area contributed by atoms with Crippen LogP contribution in [0.4, 0.5) is 5.69 Å². The molecule has 1 aromatic heterocycles. The number of pyridine rings is 1. The quantitative estimate of drug-likeness (QED) is 0.693. The number of nitrogens with zero attached hydrogens (tertiary/aromatic N) is 1. The molecule has 5 nitrogen and oxygen atoms in total. The summed E-state index contributed by atoms with van der Waals surface area (Å²) in [6.45, 7) is 4.95. The van der Waals surface area contributed by atoms with Crippen molar-refractivity contribution in [3.05, 3.63) is 88.3 Å². The predicted octanol–water partition coefficient (Wildman–Crippen LogP) is 3.49. The maximum Gasteiger partial charge on any atom is 0.252 e. The van der Waals surface area contributed by atoms with Crippen LogP contribution in [0.5, 0.6) is 0 Å². The fraction of sp³-hybridized carbons (Fsp3) is 0.261. The van der Waals surface area contributed by atoms with Crippen LogP contribution in [0.1, 0.15) is 11.1 Å². The van der Waals surface area contributed by atoms with E-state index >= 15 is 0 Å². The average molecular weight is 375 g/mol. The third-order valence-electron chi connectivity index (χ3n) is 5.01. The van der Waals surface area contributed by atoms with Crippen molar-refractivity contribution in [2.24, 2.45) is 0 Å². The fourth-order valence-electron chi connectivity index (χ4n) is 3.45. The van der Waals surface area contributed by atoms with Crippen LogP contribution in [0.3, 0.4) is 0 Å². The Morgan fingerprint density at radius 2 is 1.79 bits per heavy atom. The lowest BCUT2D eigenvalue weighted by molar-refractivity contribution is 0.0342. The van der Waals surface area contributed by atoms with E-state index in [9.17, 15) is 4.79 Å². The number of aromatic nitrogens is 1. The molecule has 4 rings (SSSR count). The van der Waals surface area contributed by atoms with Gasteiger partial charge in [-0.25, -0.2) is 0 Å². The Balaban J connectivity index is 1.44. The standard InChI is InChI=1S/C23H25N3O2/c27-23-21(14-20(15-25-23)19-6-2-1-3-7-19)16-24-22-8-4-5-18(13-22)17-26-9-11-28-12-10-26/h1-8,13-15,24H,9-12,16-17H2,(H,25,27). The number of ether oxygens (including phenoxy) is 1. The van der Waals surface area contributed by atoms with Crippen molar-refractivity contribution in [2.75, 3.05) is 31.6 Å². The van der Waals surface area contributed by atoms with Gasteiger partial charge in [0, 0.05) is 43.6 Å². The zero-order valence-electron chi connectivity index (χ0n) is 15.9. The largest absolute Gasteiger partial charge is 0.381 e. The molecule has 2 N–H and O–H groups in total. The zero-order valence-corrected chi connectivity index (χ0v) is 15.9. The molecule has 1 fully saturated rings. The van der Waals surface area contributed by atoms with Crippen LogP contribution in [0.15, 0.2) is 71.7 Å². The van der Waals surface area contributed by atoms with Gasteiger partial charge in [0.1, 0.15) is 0 Å². The highest BCUT2D eigenvalue weighted by atomic mass is 16.5. The highest BCUT2D eigenvalue weighted by Gasteiger charge is 2.11. The summed E-state index contributed by atoms with van der Waals surface area (Å²) in [6, 6.07) is 20.4. The number of aromatic amines is 1. The molecule has 5 heteroatoms. The summed E-state index contributed by atoms with van der Waals surface area (Å²) in [5.41, 5.74) is 5.05. The summed E-state index contributed by atoms with van der Waals surface area (Å²) in [4.78, 5) is 17.5. The Bertz CT molecular complexity index is 963. The second-order valence-electron chi connectivity index (χ2n) is 7.05. The molecule has 0 unspecified atom stereocenters. The lowest BCUT2D eigenvalue weighted by Gasteiger charge is -2.26. The topological polar surface area (TPSA) is 57.4 Å². The van der Waals surface area contributed by atoms with Gasteiger partial charge in [-0.2, -0.15) is 0 Å². The van der Waals surface area contributed by atoms with Gasteiger partial charge in [-0.3, -0.25) is 9.69 Å². The molecule has 0 spiro atoms. The van der Waals surface area contributed by atoms with Gasteiger partial charge >= 0.3 is 0 Å². The SMILES string of the molecule is O=c1[nH]cc(-c2ccccc2)cc1CNc1cccc(CN2CCOCC2)c1. The first-order chi connectivity index (χ1) is 13.8. The molecule has 1 aliphatic heterocycles. The first-order valence-corrected chi connectivity index (χ1v) is 9.68. The molecule has 0 radical (unpaired) electrons. The van der Waals surface area contributed by atoms with Gasteiger partial charge in [0.25, 0.3) is 5.56 Å². The molecule has 3 aromatic rings. The first kappa shape index (κ1) is 18.5. The van der Waals surface area contributed by atoms with Gasteiger partial charge in [0.2, 0.25) is 0 Å². The molecule has 144 valence electrons. The molecule has 1 aliphatic rings. The van der Waals surface area contributed by atoms with E-state index < -0.39 is 0 Å². The molecule has 28 heavy (non-hydrogen) atoms. The van der Waals surface area contributed by atoms with Gasteiger partial charge in [-0.1, -0.05) is 42.5 Å². The van der Waals surface area contributed by atoms with Crippen LogP contribution >= 0.6 is 0 Å². The minimum Gasteiger partial charge on any atom is -0.381 e. The first-order valence-electron chi connectivity index (χ1n) is 9.68. The summed E-state index contributed by atoms with van der Waals surface area (Å²) in [7, 11) is 0. The van der Waals surface area contributed by atoms with Gasteiger partial charge in [-0.05, 0) is 34.9 Å². The Morgan fingerprint density at radius 3 is 2.61 bits per heavy atom. The van der Waals surface area contributed by atoms with E-state index in [0.717, 1.165) is 55.2 Å². The van der Waals surface area contributed by atoms with Gasteiger partial charge in [0.05, 0.1) is 13.2 Å². The van der Waals surface area contributed by atoms with Crippen molar-refractivity contribution in [2.45, 2.75) is 13.1 Å². The molecule has 0 atom stereocenters. The second-order valence-corrected chi connectivity index (χ2v) is 7.05. The number of nitrogens with one attached hydrogen (secondary N) is 2. The van der Waals surface area contributed by atoms with Gasteiger partial charge in [0.15, 0.2) is 0 Å². The number of benzene rings is 2. The van der Waals surface area contributed by atoms with Gasteiger partial charge < -0.3 is 15.0 Å². The van der Waals surface area contributed by atoms with Crippen molar-refractivity contribution in [1.82, 2.24) is 9.88 Å². The van der Waals surface area contributed by atoms with E-state index in [4.69, 9.17) is 4.74 Å². The molecule has 0 aliphatic carbocycles. The van der Waals surface area contributed by atoms with Crippen molar-refractivity contribution >= 4 is 5.69 Å². The third-order valence-corrected chi connectivity index (χ3v) is 5.01. The maximum absolute atomic E-state index is 12.2. The lowest BCUT2D eigenvalue weighted by atomic mass is 10.1. The van der Waals surface area contributed by atoms with E-state index in [0.29, 0.717) is 6.54 Å². The Morgan fingerprint density at radius 1 is 0.964 bits per heavy atom. The summed E-state index contributed by atoms with van der Waals surface area (Å²) >= 11 is 0. The van der Waals surface area contributed by atoms with E-state index in [1.165, 1.54) is 5.56 Å². The summed E-state index contributed by atoms with van der Waals surface area (Å²) in [5.74, 6) is 0. The van der Waals surface area contributed by atoms with E-state index in [2.05, 4.69) is 33.4 Å². The second kappa shape index (κ2) is 8.87. The van der Waals surface area contributed by atoms with Crippen LogP contribution in [0, 0.1) is 0 Å². The molecule has 1 saturated heterocycles. The lowest BCUT2D eigenvalue weighted by Crippen LogP contribution is -2.35. The van der Waals surface area contributed by atoms with Crippen molar-refractivity contribution in [3.8, 4) is 11.1 Å². The minimum absolute atomic E-state index is 0.0587. The number of hydrogen-bond acceptors (Lipinski definition) is 4. The van der Waals surface area contributed by atoms with Crippen molar-refractivity contribution in [3.63, 3.8) is 0 Å². The van der Waals surface area contributed by atoms with Crippen LogP contribution in [0.2, 0.25) is 0 Å². The smallest absolute Gasteiger partial charge is 0.252 e. The maximum atomic E-state index is 12.2. The summed E-state index contributed by atoms with van der Waals surface area (Å²) in [5, 5.41) is 3.39. The molecule has 0 bridgehead atoms. The van der Waals surface area contributed by atoms with Crippen molar-refractivity contribution in [1.29, 1.82) is 0 Å². The number of anilines is 1. The molecule has 0 amide bonds. The van der Waals surface area contributed by atoms with Crippen LogP contribution in [-0.4, -0.2) is 36.2 Å². The van der Waals surface area contributed by atoms with E-state index in [1.54, 1.807) is 6.20 Å². The normalized spacial score (nSPS) is 14.7. The molecule has 0 saturated carbocycles. The number of H-pyrrole nitrogens is 1. The number of rotatable bonds is 6. The third kappa shape index (κ3) is 4.68. The average Bonchev–Trinajstić information content (AvgIpc) is 2.75. The molecule has 2 heterocycles. The van der Waals surface area contributed by atoms with E-state index in [-0.39, 0.29) is 5.56 Å². The Hall–Kier alpha value is -2.89.